The second-order valence-electron chi connectivity index (χ2n) is 5.95. The molecule has 7 nitrogen and oxygen atoms in total. The zero-order valence-electron chi connectivity index (χ0n) is 13.1. The molecule has 2 heterocycles. The van der Waals surface area contributed by atoms with Gasteiger partial charge in [-0.05, 0) is 18.9 Å². The fourth-order valence-electron chi connectivity index (χ4n) is 2.90. The number of carbonyl (C=O) groups is 2. The van der Waals surface area contributed by atoms with Crippen LogP contribution in [0.4, 0.5) is 0 Å². The molecule has 0 radical (unpaired) electrons. The highest BCUT2D eigenvalue weighted by Gasteiger charge is 2.37. The van der Waals surface area contributed by atoms with Crippen LogP contribution in [0.5, 0.6) is 0 Å². The van der Waals surface area contributed by atoms with Crippen molar-refractivity contribution in [2.45, 2.75) is 24.8 Å². The van der Waals surface area contributed by atoms with Gasteiger partial charge in [0.2, 0.25) is 0 Å². The molecule has 1 amide bonds. The molecular weight excluding hydrogens is 310 g/mol. The number of carboxylic acid groups (broad SMARTS) is 1. The summed E-state index contributed by atoms with van der Waals surface area (Å²) in [6, 6.07) is 11.2. The van der Waals surface area contributed by atoms with E-state index in [-0.39, 0.29) is 12.3 Å². The van der Waals surface area contributed by atoms with Crippen LogP contribution in [0.15, 0.2) is 36.4 Å². The SMILES string of the molecule is O=C(O)CC1(NC(=O)c2cc(-c3ccccc3)n[nH]2)CCOCC1. The van der Waals surface area contributed by atoms with Crippen LogP contribution in [-0.4, -0.2) is 45.9 Å². The van der Waals surface area contributed by atoms with Gasteiger partial charge in [0.15, 0.2) is 0 Å². The van der Waals surface area contributed by atoms with Crippen LogP contribution in [0.1, 0.15) is 29.8 Å². The summed E-state index contributed by atoms with van der Waals surface area (Å²) in [5.41, 5.74) is 1.10. The summed E-state index contributed by atoms with van der Waals surface area (Å²) >= 11 is 0. The van der Waals surface area contributed by atoms with Crippen LogP contribution in [0, 0.1) is 0 Å². The number of aromatic amines is 1. The normalized spacial score (nSPS) is 16.5. The molecule has 0 atom stereocenters. The molecule has 0 aliphatic carbocycles. The molecule has 0 unspecified atom stereocenters. The van der Waals surface area contributed by atoms with Gasteiger partial charge in [0, 0.05) is 18.8 Å². The average molecular weight is 329 g/mol. The number of aliphatic carboxylic acids is 1. The third-order valence-electron chi connectivity index (χ3n) is 4.21. The van der Waals surface area contributed by atoms with E-state index in [1.165, 1.54) is 0 Å². The third-order valence-corrected chi connectivity index (χ3v) is 4.21. The summed E-state index contributed by atoms with van der Waals surface area (Å²) in [4.78, 5) is 23.7. The van der Waals surface area contributed by atoms with Crippen molar-refractivity contribution in [2.24, 2.45) is 0 Å². The number of rotatable bonds is 5. The summed E-state index contributed by atoms with van der Waals surface area (Å²) in [5.74, 6) is -1.29. The maximum Gasteiger partial charge on any atom is 0.305 e. The number of carbonyl (C=O) groups excluding carboxylic acids is 1. The Morgan fingerprint density at radius 3 is 2.62 bits per heavy atom. The minimum atomic E-state index is -0.938. The number of aromatic nitrogens is 2. The lowest BCUT2D eigenvalue weighted by molar-refractivity contribution is -0.139. The van der Waals surface area contributed by atoms with Crippen molar-refractivity contribution >= 4 is 11.9 Å². The van der Waals surface area contributed by atoms with Crippen LogP contribution < -0.4 is 5.32 Å². The molecular formula is C17H19N3O4. The van der Waals surface area contributed by atoms with Gasteiger partial charge in [-0.15, -0.1) is 0 Å². The molecule has 126 valence electrons. The van der Waals surface area contributed by atoms with Crippen LogP contribution in [-0.2, 0) is 9.53 Å². The first-order valence-electron chi connectivity index (χ1n) is 7.81. The van der Waals surface area contributed by atoms with Crippen LogP contribution in [0.3, 0.4) is 0 Å². The number of hydrogen-bond acceptors (Lipinski definition) is 4. The standard InChI is InChI=1S/C17H19N3O4/c21-15(22)11-17(6-8-24-9-7-17)18-16(23)14-10-13(19-20-14)12-4-2-1-3-5-12/h1-5,10H,6-9,11H2,(H,18,23)(H,19,20)(H,21,22). The van der Waals surface area contributed by atoms with Crippen LogP contribution >= 0.6 is 0 Å². The van der Waals surface area contributed by atoms with Gasteiger partial charge in [-0.1, -0.05) is 30.3 Å². The maximum absolute atomic E-state index is 12.5. The van der Waals surface area contributed by atoms with E-state index in [1.54, 1.807) is 6.07 Å². The second-order valence-corrected chi connectivity index (χ2v) is 5.95. The van der Waals surface area contributed by atoms with Gasteiger partial charge in [-0.25, -0.2) is 0 Å². The molecule has 1 fully saturated rings. The number of carboxylic acids is 1. The van der Waals surface area contributed by atoms with Crippen molar-refractivity contribution in [3.63, 3.8) is 0 Å². The van der Waals surface area contributed by atoms with Gasteiger partial charge in [0.05, 0.1) is 17.7 Å². The lowest BCUT2D eigenvalue weighted by Crippen LogP contribution is -2.53. The Kier molecular flexibility index (Phi) is 4.61. The lowest BCUT2D eigenvalue weighted by Gasteiger charge is -2.36. The monoisotopic (exact) mass is 329 g/mol. The highest BCUT2D eigenvalue weighted by molar-refractivity contribution is 5.94. The Labute approximate surface area is 139 Å². The summed E-state index contributed by atoms with van der Waals surface area (Å²) in [7, 11) is 0. The highest BCUT2D eigenvalue weighted by Crippen LogP contribution is 2.25. The van der Waals surface area contributed by atoms with E-state index < -0.39 is 11.5 Å². The van der Waals surface area contributed by atoms with Crippen LogP contribution in [0.2, 0.25) is 0 Å². The van der Waals surface area contributed by atoms with E-state index >= 15 is 0 Å². The Morgan fingerprint density at radius 2 is 1.96 bits per heavy atom. The van der Waals surface area contributed by atoms with E-state index in [4.69, 9.17) is 9.84 Å². The Bertz CT molecular complexity index is 720. The molecule has 1 saturated heterocycles. The fourth-order valence-corrected chi connectivity index (χ4v) is 2.90. The Balaban J connectivity index is 1.76. The third kappa shape index (κ3) is 3.62. The zero-order valence-corrected chi connectivity index (χ0v) is 13.1. The van der Waals surface area contributed by atoms with E-state index in [9.17, 15) is 9.59 Å². The number of ether oxygens (including phenoxy) is 1. The molecule has 1 aromatic carbocycles. The summed E-state index contributed by atoms with van der Waals surface area (Å²) in [6.07, 6.45) is 0.831. The second kappa shape index (κ2) is 6.84. The summed E-state index contributed by atoms with van der Waals surface area (Å²) < 4.78 is 5.29. The van der Waals surface area contributed by atoms with Crippen molar-refractivity contribution in [1.82, 2.24) is 15.5 Å². The molecule has 2 aromatic rings. The number of hydrogen-bond donors (Lipinski definition) is 3. The van der Waals surface area contributed by atoms with Crippen molar-refractivity contribution in [3.05, 3.63) is 42.1 Å². The molecule has 1 aromatic heterocycles. The number of nitrogens with zero attached hydrogens (tertiary/aromatic N) is 1. The van der Waals surface area contributed by atoms with E-state index in [2.05, 4.69) is 15.5 Å². The van der Waals surface area contributed by atoms with E-state index in [1.807, 2.05) is 30.3 Å². The summed E-state index contributed by atoms with van der Waals surface area (Å²) in [5, 5.41) is 18.9. The zero-order chi connectivity index (χ0) is 17.0. The van der Waals surface area contributed by atoms with Crippen molar-refractivity contribution in [2.75, 3.05) is 13.2 Å². The van der Waals surface area contributed by atoms with Crippen molar-refractivity contribution < 1.29 is 19.4 Å². The van der Waals surface area contributed by atoms with Gasteiger partial charge in [0.1, 0.15) is 5.69 Å². The van der Waals surface area contributed by atoms with Crippen molar-refractivity contribution in [3.8, 4) is 11.3 Å². The average Bonchev–Trinajstić information content (AvgIpc) is 3.06. The topological polar surface area (TPSA) is 104 Å². The molecule has 3 rings (SSSR count). The van der Waals surface area contributed by atoms with E-state index in [0.717, 1.165) is 5.56 Å². The summed E-state index contributed by atoms with van der Waals surface area (Å²) in [6.45, 7) is 0.873. The van der Waals surface area contributed by atoms with Gasteiger partial charge in [-0.2, -0.15) is 5.10 Å². The highest BCUT2D eigenvalue weighted by atomic mass is 16.5. The largest absolute Gasteiger partial charge is 0.481 e. The predicted octanol–water partition coefficient (Wildman–Crippen LogP) is 1.83. The molecule has 7 heteroatoms. The maximum atomic E-state index is 12.5. The first-order chi connectivity index (χ1) is 11.6. The molecule has 0 spiro atoms. The first kappa shape index (κ1) is 16.2. The molecule has 1 aliphatic rings. The van der Waals surface area contributed by atoms with Gasteiger partial charge < -0.3 is 15.2 Å². The fraction of sp³-hybridized carbons (Fsp3) is 0.353. The van der Waals surface area contributed by atoms with E-state index in [0.29, 0.717) is 37.4 Å². The van der Waals surface area contributed by atoms with Gasteiger partial charge in [-0.3, -0.25) is 14.7 Å². The van der Waals surface area contributed by atoms with Gasteiger partial charge in [0.25, 0.3) is 5.91 Å². The van der Waals surface area contributed by atoms with Crippen molar-refractivity contribution in [1.29, 1.82) is 0 Å². The van der Waals surface area contributed by atoms with Crippen LogP contribution in [0.25, 0.3) is 11.3 Å². The predicted molar refractivity (Wildman–Crippen MR) is 86.5 cm³/mol. The number of amides is 1. The number of nitrogens with one attached hydrogen (secondary N) is 2. The smallest absolute Gasteiger partial charge is 0.305 e. The lowest BCUT2D eigenvalue weighted by atomic mass is 9.86. The first-order valence-corrected chi connectivity index (χ1v) is 7.81. The van der Waals surface area contributed by atoms with Gasteiger partial charge >= 0.3 is 5.97 Å². The number of benzene rings is 1. The minimum absolute atomic E-state index is 0.123. The molecule has 24 heavy (non-hydrogen) atoms. The molecule has 0 saturated carbocycles. The molecule has 3 N–H and O–H groups in total. The Morgan fingerprint density at radius 1 is 1.25 bits per heavy atom. The quantitative estimate of drug-likeness (QED) is 0.776. The number of H-pyrrole nitrogens is 1. The minimum Gasteiger partial charge on any atom is -0.481 e. The molecule has 0 bridgehead atoms. The Hall–Kier alpha value is -2.67. The molecule has 1 aliphatic heterocycles.